The zero-order valence-electron chi connectivity index (χ0n) is 13.9. The number of hydrogen-bond acceptors (Lipinski definition) is 3. The van der Waals surface area contributed by atoms with Crippen LogP contribution in [-0.4, -0.2) is 28.6 Å². The van der Waals surface area contributed by atoms with Gasteiger partial charge in [0.15, 0.2) is 0 Å². The van der Waals surface area contributed by atoms with E-state index in [2.05, 4.69) is 26.1 Å². The van der Waals surface area contributed by atoms with E-state index in [-0.39, 0.29) is 29.2 Å². The smallest absolute Gasteiger partial charge is 0.329 e. The van der Waals surface area contributed by atoms with Gasteiger partial charge in [-0.2, -0.15) is 0 Å². The van der Waals surface area contributed by atoms with Crippen molar-refractivity contribution in [1.82, 2.24) is 5.32 Å². The van der Waals surface area contributed by atoms with Gasteiger partial charge in [-0.05, 0) is 37.0 Å². The summed E-state index contributed by atoms with van der Waals surface area (Å²) in [5.74, 6) is -1.07. The summed E-state index contributed by atoms with van der Waals surface area (Å²) in [5.41, 5.74) is 4.73. The lowest BCUT2D eigenvalue weighted by molar-refractivity contribution is -0.150. The molecule has 1 saturated carbocycles. The Hall–Kier alpha value is -1.10. The standard InChI is InChI=1S/C16H30N2O3/c1-6-16(7-2,14(20)21)18-13(19)11-8-9-12(17)10(3)15(11,4)5/h10-12H,6-9,17H2,1-5H3,(H,18,19)(H,20,21). The zero-order chi connectivity index (χ0) is 16.4. The summed E-state index contributed by atoms with van der Waals surface area (Å²) < 4.78 is 0. The largest absolute Gasteiger partial charge is 0.480 e. The van der Waals surface area contributed by atoms with Gasteiger partial charge in [-0.15, -0.1) is 0 Å². The molecule has 1 aliphatic rings. The minimum atomic E-state index is -1.16. The fourth-order valence-corrected chi connectivity index (χ4v) is 3.42. The maximum absolute atomic E-state index is 12.7. The Morgan fingerprint density at radius 2 is 1.81 bits per heavy atom. The molecule has 21 heavy (non-hydrogen) atoms. The van der Waals surface area contributed by atoms with Crippen LogP contribution in [-0.2, 0) is 9.59 Å². The van der Waals surface area contributed by atoms with E-state index < -0.39 is 11.5 Å². The molecule has 1 rings (SSSR count). The second kappa shape index (κ2) is 6.34. The molecule has 0 bridgehead atoms. The number of nitrogens with two attached hydrogens (primary N) is 1. The molecule has 0 aromatic heterocycles. The molecule has 122 valence electrons. The number of hydrogen-bond donors (Lipinski definition) is 3. The molecule has 0 aromatic rings. The molecule has 1 aliphatic carbocycles. The topological polar surface area (TPSA) is 92.4 Å². The third kappa shape index (κ3) is 3.23. The molecule has 4 N–H and O–H groups in total. The summed E-state index contributed by atoms with van der Waals surface area (Å²) >= 11 is 0. The molecule has 0 heterocycles. The number of carbonyl (C=O) groups is 2. The van der Waals surface area contributed by atoms with Crippen LogP contribution in [0.3, 0.4) is 0 Å². The summed E-state index contributed by atoms with van der Waals surface area (Å²) in [6, 6.07) is 0.102. The predicted molar refractivity (Wildman–Crippen MR) is 82.7 cm³/mol. The monoisotopic (exact) mass is 298 g/mol. The average molecular weight is 298 g/mol. The summed E-state index contributed by atoms with van der Waals surface area (Å²) in [4.78, 5) is 24.2. The van der Waals surface area contributed by atoms with Crippen LogP contribution in [0, 0.1) is 17.3 Å². The Kier molecular flexibility index (Phi) is 5.42. The Morgan fingerprint density at radius 1 is 1.29 bits per heavy atom. The maximum Gasteiger partial charge on any atom is 0.329 e. The van der Waals surface area contributed by atoms with Gasteiger partial charge in [0, 0.05) is 12.0 Å². The highest BCUT2D eigenvalue weighted by molar-refractivity contribution is 5.88. The van der Waals surface area contributed by atoms with Gasteiger partial charge >= 0.3 is 5.97 Å². The molecule has 3 atom stereocenters. The summed E-state index contributed by atoms with van der Waals surface area (Å²) in [6.45, 7) is 9.78. The van der Waals surface area contributed by atoms with Gasteiger partial charge in [-0.1, -0.05) is 34.6 Å². The van der Waals surface area contributed by atoms with Crippen LogP contribution in [0.2, 0.25) is 0 Å². The second-order valence-electron chi connectivity index (χ2n) is 6.99. The van der Waals surface area contributed by atoms with Crippen LogP contribution in [0.1, 0.15) is 60.3 Å². The van der Waals surface area contributed by atoms with Crippen molar-refractivity contribution in [1.29, 1.82) is 0 Å². The van der Waals surface area contributed by atoms with Crippen molar-refractivity contribution in [3.05, 3.63) is 0 Å². The lowest BCUT2D eigenvalue weighted by Gasteiger charge is -2.46. The third-order valence-corrected chi connectivity index (χ3v) is 5.80. The van der Waals surface area contributed by atoms with E-state index in [0.29, 0.717) is 19.3 Å². The molecular formula is C16H30N2O3. The van der Waals surface area contributed by atoms with Crippen molar-refractivity contribution in [2.75, 3.05) is 0 Å². The van der Waals surface area contributed by atoms with E-state index in [1.165, 1.54) is 0 Å². The number of carboxylic acid groups (broad SMARTS) is 1. The molecule has 0 aromatic carbocycles. The fourth-order valence-electron chi connectivity index (χ4n) is 3.42. The van der Waals surface area contributed by atoms with E-state index in [1.54, 1.807) is 13.8 Å². The number of amides is 1. The van der Waals surface area contributed by atoms with Crippen molar-refractivity contribution in [3.63, 3.8) is 0 Å². The first-order valence-electron chi connectivity index (χ1n) is 7.93. The molecule has 3 unspecified atom stereocenters. The van der Waals surface area contributed by atoms with Crippen LogP contribution in [0.5, 0.6) is 0 Å². The van der Waals surface area contributed by atoms with Gasteiger partial charge in [0.2, 0.25) is 5.91 Å². The summed E-state index contributed by atoms with van der Waals surface area (Å²) in [7, 11) is 0. The predicted octanol–water partition coefficient (Wildman–Crippen LogP) is 2.15. The van der Waals surface area contributed by atoms with Crippen molar-refractivity contribution >= 4 is 11.9 Å². The second-order valence-corrected chi connectivity index (χ2v) is 6.99. The molecule has 0 aliphatic heterocycles. The first kappa shape index (κ1) is 18.0. The van der Waals surface area contributed by atoms with E-state index in [1.807, 2.05) is 0 Å². The Balaban J connectivity index is 2.95. The van der Waals surface area contributed by atoms with Gasteiger partial charge in [0.25, 0.3) is 0 Å². The first-order chi connectivity index (χ1) is 9.62. The van der Waals surface area contributed by atoms with Gasteiger partial charge in [-0.25, -0.2) is 4.79 Å². The van der Waals surface area contributed by atoms with E-state index >= 15 is 0 Å². The first-order valence-corrected chi connectivity index (χ1v) is 7.93. The van der Waals surface area contributed by atoms with Crippen molar-refractivity contribution in [2.45, 2.75) is 71.9 Å². The maximum atomic E-state index is 12.7. The highest BCUT2D eigenvalue weighted by Gasteiger charge is 2.47. The third-order valence-electron chi connectivity index (χ3n) is 5.80. The normalized spacial score (nSPS) is 29.0. The lowest BCUT2D eigenvalue weighted by atomic mass is 9.60. The quantitative estimate of drug-likeness (QED) is 0.725. The van der Waals surface area contributed by atoms with Crippen LogP contribution < -0.4 is 11.1 Å². The van der Waals surface area contributed by atoms with E-state index in [4.69, 9.17) is 5.73 Å². The lowest BCUT2D eigenvalue weighted by Crippen LogP contribution is -2.59. The Morgan fingerprint density at radius 3 is 2.24 bits per heavy atom. The van der Waals surface area contributed by atoms with Crippen molar-refractivity contribution < 1.29 is 14.7 Å². The fraction of sp³-hybridized carbons (Fsp3) is 0.875. The summed E-state index contributed by atoms with van der Waals surface area (Å²) in [5, 5.41) is 12.3. The number of carbonyl (C=O) groups excluding carboxylic acids is 1. The molecule has 5 heteroatoms. The number of rotatable bonds is 5. The molecule has 0 radical (unpaired) electrons. The molecule has 5 nitrogen and oxygen atoms in total. The number of carboxylic acids is 1. The number of nitrogens with one attached hydrogen (secondary N) is 1. The van der Waals surface area contributed by atoms with Crippen LogP contribution in [0.4, 0.5) is 0 Å². The molecular weight excluding hydrogens is 268 g/mol. The molecule has 0 spiro atoms. The van der Waals surface area contributed by atoms with Gasteiger partial charge in [-0.3, -0.25) is 4.79 Å². The zero-order valence-corrected chi connectivity index (χ0v) is 13.9. The van der Waals surface area contributed by atoms with Crippen molar-refractivity contribution in [2.24, 2.45) is 23.0 Å². The van der Waals surface area contributed by atoms with E-state index in [0.717, 1.165) is 6.42 Å². The Labute approximate surface area is 127 Å². The van der Waals surface area contributed by atoms with Gasteiger partial charge in [0.1, 0.15) is 5.54 Å². The van der Waals surface area contributed by atoms with Crippen LogP contribution >= 0.6 is 0 Å². The van der Waals surface area contributed by atoms with Crippen LogP contribution in [0.15, 0.2) is 0 Å². The van der Waals surface area contributed by atoms with Crippen LogP contribution in [0.25, 0.3) is 0 Å². The minimum Gasteiger partial charge on any atom is -0.480 e. The highest BCUT2D eigenvalue weighted by atomic mass is 16.4. The Bertz CT molecular complexity index is 402. The van der Waals surface area contributed by atoms with Gasteiger partial charge in [0.05, 0.1) is 0 Å². The minimum absolute atomic E-state index is 0.102. The SMILES string of the molecule is CCC(CC)(NC(=O)C1CCC(N)C(C)C1(C)C)C(=O)O. The number of aliphatic carboxylic acids is 1. The molecule has 0 saturated heterocycles. The summed E-state index contributed by atoms with van der Waals surface area (Å²) in [6.07, 6.45) is 2.29. The highest BCUT2D eigenvalue weighted by Crippen LogP contribution is 2.44. The van der Waals surface area contributed by atoms with Crippen molar-refractivity contribution in [3.8, 4) is 0 Å². The van der Waals surface area contributed by atoms with E-state index in [9.17, 15) is 14.7 Å². The van der Waals surface area contributed by atoms with Gasteiger partial charge < -0.3 is 16.2 Å². The molecule has 1 amide bonds. The average Bonchev–Trinajstić information content (AvgIpc) is 2.41. The molecule has 1 fully saturated rings.